The molecule has 0 amide bonds. The van der Waals surface area contributed by atoms with Crippen LogP contribution in [0.5, 0.6) is 0 Å². The Morgan fingerprint density at radius 1 is 1.33 bits per heavy atom. The molecule has 2 heteroatoms. The van der Waals surface area contributed by atoms with Gasteiger partial charge in [-0.25, -0.2) is 0 Å². The SMILES string of the molecule is CC(=O)C1CC2(CCNCC2)C1. The first kappa shape index (κ1) is 8.24. The molecule has 1 aliphatic carbocycles. The van der Waals surface area contributed by atoms with Crippen LogP contribution in [-0.4, -0.2) is 18.9 Å². The number of carbonyl (C=O) groups is 1. The van der Waals surface area contributed by atoms with E-state index in [1.165, 1.54) is 25.7 Å². The van der Waals surface area contributed by atoms with E-state index in [2.05, 4.69) is 5.32 Å². The zero-order chi connectivity index (χ0) is 8.60. The van der Waals surface area contributed by atoms with E-state index in [1.54, 1.807) is 6.92 Å². The van der Waals surface area contributed by atoms with Gasteiger partial charge in [0.2, 0.25) is 0 Å². The number of carbonyl (C=O) groups excluding carboxylic acids is 1. The van der Waals surface area contributed by atoms with Gasteiger partial charge < -0.3 is 5.32 Å². The first-order chi connectivity index (χ1) is 5.72. The number of nitrogens with one attached hydrogen (secondary N) is 1. The molecule has 68 valence electrons. The fourth-order valence-electron chi connectivity index (χ4n) is 2.64. The average Bonchev–Trinajstić information content (AvgIpc) is 2.01. The lowest BCUT2D eigenvalue weighted by molar-refractivity contribution is -0.129. The molecule has 1 N–H and O–H groups in total. The number of rotatable bonds is 1. The summed E-state index contributed by atoms with van der Waals surface area (Å²) in [5.74, 6) is 0.808. The Hall–Kier alpha value is -0.370. The van der Waals surface area contributed by atoms with Gasteiger partial charge in [0.05, 0.1) is 0 Å². The highest BCUT2D eigenvalue weighted by atomic mass is 16.1. The van der Waals surface area contributed by atoms with Crippen molar-refractivity contribution in [1.82, 2.24) is 5.32 Å². The summed E-state index contributed by atoms with van der Waals surface area (Å²) >= 11 is 0. The van der Waals surface area contributed by atoms with Gasteiger partial charge in [0.15, 0.2) is 0 Å². The molecule has 0 bridgehead atoms. The molecule has 1 spiro atoms. The van der Waals surface area contributed by atoms with E-state index in [1.807, 2.05) is 0 Å². The van der Waals surface area contributed by atoms with E-state index in [-0.39, 0.29) is 0 Å². The van der Waals surface area contributed by atoms with Crippen molar-refractivity contribution in [3.63, 3.8) is 0 Å². The standard InChI is InChI=1S/C10H17NO/c1-8(12)9-6-10(7-9)2-4-11-5-3-10/h9,11H,2-7H2,1H3. The highest BCUT2D eigenvalue weighted by Crippen LogP contribution is 2.51. The fourth-order valence-corrected chi connectivity index (χ4v) is 2.64. The number of Topliss-reactive ketones (excluding diaryl/α,β-unsaturated/α-hetero) is 1. The van der Waals surface area contributed by atoms with Crippen LogP contribution in [0.1, 0.15) is 32.6 Å². The van der Waals surface area contributed by atoms with Crippen molar-refractivity contribution in [2.75, 3.05) is 13.1 Å². The minimum absolute atomic E-state index is 0.402. The third-order valence-corrected chi connectivity index (χ3v) is 3.60. The van der Waals surface area contributed by atoms with E-state index in [4.69, 9.17) is 0 Å². The molecule has 0 atom stereocenters. The molecule has 0 aromatic carbocycles. The highest BCUT2D eigenvalue weighted by Gasteiger charge is 2.45. The Labute approximate surface area is 73.7 Å². The quantitative estimate of drug-likeness (QED) is 0.639. The van der Waals surface area contributed by atoms with Crippen LogP contribution in [0.4, 0.5) is 0 Å². The smallest absolute Gasteiger partial charge is 0.132 e. The van der Waals surface area contributed by atoms with Gasteiger partial charge in [-0.3, -0.25) is 4.79 Å². The molecule has 0 radical (unpaired) electrons. The van der Waals surface area contributed by atoms with Crippen LogP contribution in [0, 0.1) is 11.3 Å². The van der Waals surface area contributed by atoms with Gasteiger partial charge in [-0.2, -0.15) is 0 Å². The maximum Gasteiger partial charge on any atom is 0.132 e. The van der Waals surface area contributed by atoms with Crippen molar-refractivity contribution >= 4 is 5.78 Å². The van der Waals surface area contributed by atoms with Crippen LogP contribution < -0.4 is 5.32 Å². The lowest BCUT2D eigenvalue weighted by atomic mass is 9.57. The molecule has 2 nitrogen and oxygen atoms in total. The van der Waals surface area contributed by atoms with Gasteiger partial charge >= 0.3 is 0 Å². The van der Waals surface area contributed by atoms with Gasteiger partial charge in [-0.1, -0.05) is 0 Å². The summed E-state index contributed by atoms with van der Waals surface area (Å²) in [6, 6.07) is 0. The Morgan fingerprint density at radius 2 is 1.92 bits per heavy atom. The molecule has 2 fully saturated rings. The first-order valence-corrected chi connectivity index (χ1v) is 4.93. The van der Waals surface area contributed by atoms with E-state index in [0.29, 0.717) is 17.1 Å². The third kappa shape index (κ3) is 1.28. The molecule has 0 unspecified atom stereocenters. The minimum Gasteiger partial charge on any atom is -0.317 e. The number of ketones is 1. The molecule has 2 rings (SSSR count). The van der Waals surface area contributed by atoms with Gasteiger partial charge in [0, 0.05) is 5.92 Å². The monoisotopic (exact) mass is 167 g/mol. The molecule has 1 saturated heterocycles. The molecular formula is C10H17NO. The Bertz CT molecular complexity index is 186. The normalized spacial score (nSPS) is 28.4. The van der Waals surface area contributed by atoms with Crippen LogP contribution in [0.25, 0.3) is 0 Å². The maximum atomic E-state index is 11.0. The molecule has 12 heavy (non-hydrogen) atoms. The van der Waals surface area contributed by atoms with Gasteiger partial charge in [-0.15, -0.1) is 0 Å². The summed E-state index contributed by atoms with van der Waals surface area (Å²) in [7, 11) is 0. The van der Waals surface area contributed by atoms with Gasteiger partial charge in [-0.05, 0) is 51.1 Å². The summed E-state index contributed by atoms with van der Waals surface area (Å²) < 4.78 is 0. The van der Waals surface area contributed by atoms with E-state index >= 15 is 0 Å². The lowest BCUT2D eigenvalue weighted by Gasteiger charge is -2.49. The van der Waals surface area contributed by atoms with Crippen molar-refractivity contribution in [3.05, 3.63) is 0 Å². The molecule has 2 aliphatic rings. The second kappa shape index (κ2) is 2.84. The molecule has 1 aliphatic heterocycles. The Kier molecular flexibility index (Phi) is 1.95. The Morgan fingerprint density at radius 3 is 2.42 bits per heavy atom. The number of piperidine rings is 1. The summed E-state index contributed by atoms with van der Waals surface area (Å²) in [6.07, 6.45) is 4.92. The topological polar surface area (TPSA) is 29.1 Å². The second-order valence-electron chi connectivity index (χ2n) is 4.47. The summed E-state index contributed by atoms with van der Waals surface area (Å²) in [5, 5.41) is 3.37. The summed E-state index contributed by atoms with van der Waals surface area (Å²) in [5.41, 5.74) is 0.571. The predicted molar refractivity (Wildman–Crippen MR) is 47.9 cm³/mol. The number of hydrogen-bond donors (Lipinski definition) is 1. The molecule has 0 aromatic heterocycles. The van der Waals surface area contributed by atoms with Crippen molar-refractivity contribution in [2.45, 2.75) is 32.6 Å². The van der Waals surface area contributed by atoms with Gasteiger partial charge in [0.25, 0.3) is 0 Å². The average molecular weight is 167 g/mol. The van der Waals surface area contributed by atoms with E-state index < -0.39 is 0 Å². The van der Waals surface area contributed by atoms with E-state index in [9.17, 15) is 4.79 Å². The van der Waals surface area contributed by atoms with Gasteiger partial charge in [0.1, 0.15) is 5.78 Å². The van der Waals surface area contributed by atoms with Crippen LogP contribution >= 0.6 is 0 Å². The minimum atomic E-state index is 0.402. The van der Waals surface area contributed by atoms with Crippen LogP contribution in [0.2, 0.25) is 0 Å². The zero-order valence-electron chi connectivity index (χ0n) is 7.73. The van der Waals surface area contributed by atoms with Crippen molar-refractivity contribution in [3.8, 4) is 0 Å². The second-order valence-corrected chi connectivity index (χ2v) is 4.47. The first-order valence-electron chi connectivity index (χ1n) is 4.93. The summed E-state index contributed by atoms with van der Waals surface area (Å²) in [4.78, 5) is 11.0. The fraction of sp³-hybridized carbons (Fsp3) is 0.900. The molecule has 0 aromatic rings. The number of hydrogen-bond acceptors (Lipinski definition) is 2. The van der Waals surface area contributed by atoms with E-state index in [0.717, 1.165) is 13.1 Å². The lowest BCUT2D eigenvalue weighted by Crippen LogP contribution is -2.47. The zero-order valence-corrected chi connectivity index (χ0v) is 7.73. The third-order valence-electron chi connectivity index (χ3n) is 3.60. The van der Waals surface area contributed by atoms with Crippen molar-refractivity contribution < 1.29 is 4.79 Å². The summed E-state index contributed by atoms with van der Waals surface area (Å²) in [6.45, 7) is 4.05. The van der Waals surface area contributed by atoms with Crippen molar-refractivity contribution in [1.29, 1.82) is 0 Å². The largest absolute Gasteiger partial charge is 0.317 e. The van der Waals surface area contributed by atoms with Crippen molar-refractivity contribution in [2.24, 2.45) is 11.3 Å². The maximum absolute atomic E-state index is 11.0. The van der Waals surface area contributed by atoms with Crippen LogP contribution in [0.3, 0.4) is 0 Å². The molecule has 1 heterocycles. The Balaban J connectivity index is 1.88. The predicted octanol–water partition coefficient (Wildman–Crippen LogP) is 1.36. The molecule has 1 saturated carbocycles. The van der Waals surface area contributed by atoms with Crippen LogP contribution in [-0.2, 0) is 4.79 Å². The highest BCUT2D eigenvalue weighted by molar-refractivity contribution is 5.79. The molecular weight excluding hydrogens is 150 g/mol. The van der Waals surface area contributed by atoms with Crippen LogP contribution in [0.15, 0.2) is 0 Å².